The molecule has 0 aliphatic heterocycles. The lowest BCUT2D eigenvalue weighted by Crippen LogP contribution is -2.24. The van der Waals surface area contributed by atoms with Crippen LogP contribution in [0, 0.1) is 0 Å². The molecule has 0 aliphatic rings. The number of rotatable bonds is 8. The van der Waals surface area contributed by atoms with Crippen LogP contribution in [0.4, 0.5) is 0 Å². The van der Waals surface area contributed by atoms with Gasteiger partial charge in [0, 0.05) is 31.6 Å². The van der Waals surface area contributed by atoms with Crippen molar-refractivity contribution in [2.24, 2.45) is 0 Å². The Hall–Kier alpha value is -2.11. The Kier molecular flexibility index (Phi) is 5.34. The van der Waals surface area contributed by atoms with Crippen molar-refractivity contribution in [3.8, 4) is 0 Å². The van der Waals surface area contributed by atoms with Gasteiger partial charge in [-0.15, -0.1) is 0 Å². The molecule has 0 spiro atoms. The van der Waals surface area contributed by atoms with Crippen LogP contribution in [0.3, 0.4) is 0 Å². The molecule has 0 aliphatic carbocycles. The van der Waals surface area contributed by atoms with Gasteiger partial charge in [-0.2, -0.15) is 5.10 Å². The standard InChI is InChI=1S/C14H21N5O/c1-2-7-19-8-6-15-13(19)11-16-14(20)5-3-4-12-9-17-18-10-12/h6,8-10H,2-5,7,11H2,1H3,(H,16,20)(H,17,18). The Morgan fingerprint density at radius 2 is 2.40 bits per heavy atom. The van der Waals surface area contributed by atoms with Gasteiger partial charge in [0.15, 0.2) is 0 Å². The number of aryl methyl sites for hydroxylation is 2. The van der Waals surface area contributed by atoms with Crippen molar-refractivity contribution in [3.63, 3.8) is 0 Å². The summed E-state index contributed by atoms with van der Waals surface area (Å²) in [6.07, 6.45) is 10.7. The number of hydrogen-bond acceptors (Lipinski definition) is 3. The van der Waals surface area contributed by atoms with Gasteiger partial charge in [-0.05, 0) is 24.8 Å². The van der Waals surface area contributed by atoms with Crippen LogP contribution in [0.25, 0.3) is 0 Å². The van der Waals surface area contributed by atoms with Crippen molar-refractivity contribution in [1.29, 1.82) is 0 Å². The summed E-state index contributed by atoms with van der Waals surface area (Å²) in [7, 11) is 0. The maximum Gasteiger partial charge on any atom is 0.220 e. The third-order valence-corrected chi connectivity index (χ3v) is 3.13. The number of nitrogens with zero attached hydrogens (tertiary/aromatic N) is 3. The third-order valence-electron chi connectivity index (χ3n) is 3.13. The molecule has 0 unspecified atom stereocenters. The summed E-state index contributed by atoms with van der Waals surface area (Å²) in [5.41, 5.74) is 1.14. The average Bonchev–Trinajstić information content (AvgIpc) is 3.08. The predicted octanol–water partition coefficient (Wildman–Crippen LogP) is 1.66. The fraction of sp³-hybridized carbons (Fsp3) is 0.500. The van der Waals surface area contributed by atoms with E-state index in [9.17, 15) is 4.79 Å². The smallest absolute Gasteiger partial charge is 0.220 e. The van der Waals surface area contributed by atoms with Crippen LogP contribution in [0.2, 0.25) is 0 Å². The van der Waals surface area contributed by atoms with Crippen LogP contribution in [0.15, 0.2) is 24.8 Å². The normalized spacial score (nSPS) is 10.7. The minimum atomic E-state index is 0.0690. The molecule has 1 amide bonds. The summed E-state index contributed by atoms with van der Waals surface area (Å²) in [4.78, 5) is 16.0. The molecule has 2 aromatic heterocycles. The van der Waals surface area contributed by atoms with Crippen LogP contribution < -0.4 is 5.32 Å². The molecule has 0 atom stereocenters. The Labute approximate surface area is 118 Å². The van der Waals surface area contributed by atoms with E-state index in [0.29, 0.717) is 13.0 Å². The van der Waals surface area contributed by atoms with Crippen LogP contribution in [0.5, 0.6) is 0 Å². The number of imidazole rings is 1. The third kappa shape index (κ3) is 4.22. The van der Waals surface area contributed by atoms with Crippen molar-refractivity contribution in [1.82, 2.24) is 25.1 Å². The SMILES string of the molecule is CCCn1ccnc1CNC(=O)CCCc1cn[nH]c1. The molecule has 0 aromatic carbocycles. The Balaban J connectivity index is 1.68. The molecular formula is C14H21N5O. The maximum atomic E-state index is 11.8. The molecule has 0 saturated carbocycles. The first-order valence-corrected chi connectivity index (χ1v) is 7.04. The van der Waals surface area contributed by atoms with Crippen molar-refractivity contribution < 1.29 is 4.79 Å². The second kappa shape index (κ2) is 7.47. The first-order chi connectivity index (χ1) is 9.79. The highest BCUT2D eigenvalue weighted by Crippen LogP contribution is 2.03. The van der Waals surface area contributed by atoms with E-state index in [2.05, 4.69) is 32.0 Å². The van der Waals surface area contributed by atoms with Gasteiger partial charge in [-0.25, -0.2) is 4.98 Å². The minimum absolute atomic E-state index is 0.0690. The van der Waals surface area contributed by atoms with Crippen molar-refractivity contribution in [3.05, 3.63) is 36.2 Å². The van der Waals surface area contributed by atoms with Gasteiger partial charge in [0.05, 0.1) is 12.7 Å². The number of hydrogen-bond donors (Lipinski definition) is 2. The van der Waals surface area contributed by atoms with Crippen LogP contribution in [-0.2, 0) is 24.3 Å². The topological polar surface area (TPSA) is 75.6 Å². The maximum absolute atomic E-state index is 11.8. The molecule has 2 heterocycles. The van der Waals surface area contributed by atoms with Crippen LogP contribution in [-0.4, -0.2) is 25.7 Å². The van der Waals surface area contributed by atoms with Gasteiger partial charge in [-0.1, -0.05) is 6.92 Å². The van der Waals surface area contributed by atoms with E-state index in [1.54, 1.807) is 12.4 Å². The fourth-order valence-electron chi connectivity index (χ4n) is 2.09. The zero-order valence-electron chi connectivity index (χ0n) is 11.8. The van der Waals surface area contributed by atoms with Crippen molar-refractivity contribution >= 4 is 5.91 Å². The number of carbonyl (C=O) groups excluding carboxylic acids is 1. The number of nitrogens with one attached hydrogen (secondary N) is 2. The molecule has 2 rings (SSSR count). The van der Waals surface area contributed by atoms with Gasteiger partial charge < -0.3 is 9.88 Å². The highest BCUT2D eigenvalue weighted by Gasteiger charge is 2.05. The molecule has 2 aromatic rings. The van der Waals surface area contributed by atoms with E-state index in [0.717, 1.165) is 37.2 Å². The molecular weight excluding hydrogens is 254 g/mol. The second-order valence-electron chi connectivity index (χ2n) is 4.77. The lowest BCUT2D eigenvalue weighted by Gasteiger charge is -2.07. The zero-order valence-corrected chi connectivity index (χ0v) is 11.8. The van der Waals surface area contributed by atoms with E-state index >= 15 is 0 Å². The van der Waals surface area contributed by atoms with E-state index in [1.807, 2.05) is 12.4 Å². The van der Waals surface area contributed by atoms with Crippen molar-refractivity contribution in [2.45, 2.75) is 45.7 Å². The van der Waals surface area contributed by atoms with E-state index in [-0.39, 0.29) is 5.91 Å². The Morgan fingerprint density at radius 1 is 1.50 bits per heavy atom. The lowest BCUT2D eigenvalue weighted by atomic mass is 10.1. The van der Waals surface area contributed by atoms with Crippen molar-refractivity contribution in [2.75, 3.05) is 0 Å². The Bertz CT molecular complexity index is 517. The lowest BCUT2D eigenvalue weighted by molar-refractivity contribution is -0.121. The average molecular weight is 275 g/mol. The summed E-state index contributed by atoms with van der Waals surface area (Å²) in [6.45, 7) is 3.56. The molecule has 2 N–H and O–H groups in total. The van der Waals surface area contributed by atoms with E-state index < -0.39 is 0 Å². The highest BCUT2D eigenvalue weighted by molar-refractivity contribution is 5.75. The predicted molar refractivity (Wildman–Crippen MR) is 75.9 cm³/mol. The summed E-state index contributed by atoms with van der Waals surface area (Å²) in [5.74, 6) is 0.981. The fourth-order valence-corrected chi connectivity index (χ4v) is 2.09. The quantitative estimate of drug-likeness (QED) is 0.769. The van der Waals surface area contributed by atoms with E-state index in [1.165, 1.54) is 0 Å². The van der Waals surface area contributed by atoms with Gasteiger partial charge in [0.2, 0.25) is 5.91 Å². The number of carbonyl (C=O) groups is 1. The minimum Gasteiger partial charge on any atom is -0.349 e. The summed E-state index contributed by atoms with van der Waals surface area (Å²) < 4.78 is 2.08. The van der Waals surface area contributed by atoms with Crippen LogP contribution in [0.1, 0.15) is 37.6 Å². The summed E-state index contributed by atoms with van der Waals surface area (Å²) in [6, 6.07) is 0. The first-order valence-electron chi connectivity index (χ1n) is 7.04. The molecule has 108 valence electrons. The largest absolute Gasteiger partial charge is 0.349 e. The van der Waals surface area contributed by atoms with E-state index in [4.69, 9.17) is 0 Å². The van der Waals surface area contributed by atoms with Crippen LogP contribution >= 0.6 is 0 Å². The van der Waals surface area contributed by atoms with Gasteiger partial charge >= 0.3 is 0 Å². The summed E-state index contributed by atoms with van der Waals surface area (Å²) >= 11 is 0. The first kappa shape index (κ1) is 14.3. The van der Waals surface area contributed by atoms with Gasteiger partial charge in [0.25, 0.3) is 0 Å². The Morgan fingerprint density at radius 3 is 3.15 bits per heavy atom. The zero-order chi connectivity index (χ0) is 14.2. The molecule has 0 fully saturated rings. The molecule has 0 radical (unpaired) electrons. The molecule has 0 saturated heterocycles. The molecule has 6 nitrogen and oxygen atoms in total. The number of aromatic nitrogens is 4. The number of aromatic amines is 1. The highest BCUT2D eigenvalue weighted by atomic mass is 16.1. The molecule has 0 bridgehead atoms. The van der Waals surface area contributed by atoms with Gasteiger partial charge in [-0.3, -0.25) is 9.89 Å². The van der Waals surface area contributed by atoms with Gasteiger partial charge in [0.1, 0.15) is 5.82 Å². The number of H-pyrrole nitrogens is 1. The molecule has 6 heteroatoms. The summed E-state index contributed by atoms with van der Waals surface area (Å²) in [5, 5.41) is 9.57. The second-order valence-corrected chi connectivity index (χ2v) is 4.77. The number of amides is 1. The molecule has 20 heavy (non-hydrogen) atoms. The monoisotopic (exact) mass is 275 g/mol.